The van der Waals surface area contributed by atoms with Crippen molar-refractivity contribution < 1.29 is 4.79 Å². The minimum Gasteiger partial charge on any atom is -0.345 e. The van der Waals surface area contributed by atoms with E-state index in [2.05, 4.69) is 9.88 Å². The minimum absolute atomic E-state index is 0.0730. The highest BCUT2D eigenvalue weighted by atomic mass is 32.1. The molecule has 0 bridgehead atoms. The van der Waals surface area contributed by atoms with Crippen molar-refractivity contribution in [3.63, 3.8) is 0 Å². The molecule has 100 valence electrons. The van der Waals surface area contributed by atoms with Crippen LogP contribution in [0.4, 0.5) is 5.13 Å². The molecule has 0 radical (unpaired) electrons. The molecule has 1 aliphatic rings. The van der Waals surface area contributed by atoms with Gasteiger partial charge < -0.3 is 15.5 Å². The molecule has 6 heteroatoms. The number of amides is 1. The number of hydrogen-bond acceptors (Lipinski definition) is 5. The molecule has 2 heterocycles. The van der Waals surface area contributed by atoms with Crippen molar-refractivity contribution in [3.8, 4) is 0 Å². The summed E-state index contributed by atoms with van der Waals surface area (Å²) in [5.41, 5.74) is 5.90. The van der Waals surface area contributed by atoms with Crippen LogP contribution in [0.2, 0.25) is 0 Å². The van der Waals surface area contributed by atoms with E-state index >= 15 is 0 Å². The molecule has 2 rings (SSSR count). The zero-order chi connectivity index (χ0) is 13.1. The van der Waals surface area contributed by atoms with Gasteiger partial charge in [-0.15, -0.1) is 11.3 Å². The van der Waals surface area contributed by atoms with E-state index in [4.69, 9.17) is 5.73 Å². The molecular formula is C12H20N4OS. The Balaban J connectivity index is 1.89. The van der Waals surface area contributed by atoms with Crippen LogP contribution in [0.1, 0.15) is 13.8 Å². The summed E-state index contributed by atoms with van der Waals surface area (Å²) in [7, 11) is 0. The number of anilines is 1. The highest BCUT2D eigenvalue weighted by molar-refractivity contribution is 7.13. The summed E-state index contributed by atoms with van der Waals surface area (Å²) in [6.07, 6.45) is 1.81. The van der Waals surface area contributed by atoms with Crippen LogP contribution in [0.5, 0.6) is 0 Å². The fraction of sp³-hybridized carbons (Fsp3) is 0.667. The SMILES string of the molecule is CC(C)[C@H](N)C(=O)N1CCN(c2nccs2)CC1. The normalized spacial score (nSPS) is 18.2. The molecule has 0 spiro atoms. The second-order valence-electron chi connectivity index (χ2n) is 4.90. The Morgan fingerprint density at radius 1 is 1.39 bits per heavy atom. The number of aromatic nitrogens is 1. The number of carbonyl (C=O) groups excluding carboxylic acids is 1. The topological polar surface area (TPSA) is 62.5 Å². The van der Waals surface area contributed by atoms with Gasteiger partial charge in [-0.1, -0.05) is 13.8 Å². The van der Waals surface area contributed by atoms with Crippen LogP contribution < -0.4 is 10.6 Å². The van der Waals surface area contributed by atoms with Crippen molar-refractivity contribution in [2.45, 2.75) is 19.9 Å². The first-order valence-corrected chi connectivity index (χ1v) is 7.16. The lowest BCUT2D eigenvalue weighted by molar-refractivity contribution is -0.133. The van der Waals surface area contributed by atoms with Gasteiger partial charge in [0, 0.05) is 37.8 Å². The molecule has 0 saturated carbocycles. The average Bonchev–Trinajstić information content (AvgIpc) is 2.91. The van der Waals surface area contributed by atoms with E-state index in [0.717, 1.165) is 31.3 Å². The van der Waals surface area contributed by atoms with E-state index in [0.29, 0.717) is 0 Å². The van der Waals surface area contributed by atoms with Crippen molar-refractivity contribution in [3.05, 3.63) is 11.6 Å². The molecule has 2 N–H and O–H groups in total. The fourth-order valence-corrected chi connectivity index (χ4v) is 2.68. The zero-order valence-corrected chi connectivity index (χ0v) is 11.7. The van der Waals surface area contributed by atoms with E-state index < -0.39 is 0 Å². The molecule has 0 unspecified atom stereocenters. The molecule has 1 saturated heterocycles. The first-order chi connectivity index (χ1) is 8.59. The maximum absolute atomic E-state index is 12.1. The molecule has 5 nitrogen and oxygen atoms in total. The smallest absolute Gasteiger partial charge is 0.239 e. The van der Waals surface area contributed by atoms with Gasteiger partial charge in [0.1, 0.15) is 0 Å². The van der Waals surface area contributed by atoms with Crippen molar-refractivity contribution in [2.24, 2.45) is 11.7 Å². The average molecular weight is 268 g/mol. The van der Waals surface area contributed by atoms with Gasteiger partial charge in [-0.05, 0) is 5.92 Å². The second kappa shape index (κ2) is 5.67. The van der Waals surface area contributed by atoms with Gasteiger partial charge in [-0.25, -0.2) is 4.98 Å². The maximum atomic E-state index is 12.1. The molecular weight excluding hydrogens is 248 g/mol. The highest BCUT2D eigenvalue weighted by Crippen LogP contribution is 2.19. The third kappa shape index (κ3) is 2.81. The van der Waals surface area contributed by atoms with Crippen LogP contribution in [-0.4, -0.2) is 48.0 Å². The van der Waals surface area contributed by atoms with E-state index in [-0.39, 0.29) is 17.9 Å². The van der Waals surface area contributed by atoms with E-state index in [1.807, 2.05) is 30.3 Å². The Morgan fingerprint density at radius 3 is 2.56 bits per heavy atom. The molecule has 1 aromatic rings. The molecule has 0 aromatic carbocycles. The summed E-state index contributed by atoms with van der Waals surface area (Å²) >= 11 is 1.64. The molecule has 1 aliphatic heterocycles. The van der Waals surface area contributed by atoms with Crippen LogP contribution >= 0.6 is 11.3 Å². The molecule has 1 amide bonds. The molecule has 1 fully saturated rings. The monoisotopic (exact) mass is 268 g/mol. The third-order valence-corrected chi connectivity index (χ3v) is 4.12. The summed E-state index contributed by atoms with van der Waals surface area (Å²) < 4.78 is 0. The number of thiazole rings is 1. The number of hydrogen-bond donors (Lipinski definition) is 1. The largest absolute Gasteiger partial charge is 0.345 e. The lowest BCUT2D eigenvalue weighted by atomic mass is 10.0. The third-order valence-electron chi connectivity index (χ3n) is 3.28. The predicted molar refractivity (Wildman–Crippen MR) is 73.7 cm³/mol. The van der Waals surface area contributed by atoms with E-state index in [1.165, 1.54) is 0 Å². The Hall–Kier alpha value is -1.14. The lowest BCUT2D eigenvalue weighted by Crippen LogP contribution is -2.54. The Bertz CT molecular complexity index is 385. The molecule has 1 aromatic heterocycles. The van der Waals surface area contributed by atoms with Crippen molar-refractivity contribution in [2.75, 3.05) is 31.1 Å². The summed E-state index contributed by atoms with van der Waals surface area (Å²) in [6.45, 7) is 7.11. The quantitative estimate of drug-likeness (QED) is 0.880. The Kier molecular flexibility index (Phi) is 4.19. The molecule has 1 atom stereocenters. The van der Waals surface area contributed by atoms with Gasteiger partial charge in [-0.2, -0.15) is 0 Å². The van der Waals surface area contributed by atoms with E-state index in [1.54, 1.807) is 11.3 Å². The van der Waals surface area contributed by atoms with Gasteiger partial charge in [0.25, 0.3) is 0 Å². The predicted octanol–water partition coefficient (Wildman–Crippen LogP) is 0.775. The fourth-order valence-electron chi connectivity index (χ4n) is 1.99. The standard InChI is InChI=1S/C12H20N4OS/c1-9(2)10(13)11(17)15-4-6-16(7-5-15)12-14-3-8-18-12/h3,8-10H,4-7,13H2,1-2H3/t10-/m0/s1. The molecule has 18 heavy (non-hydrogen) atoms. The molecule has 0 aliphatic carbocycles. The number of rotatable bonds is 3. The Morgan fingerprint density at radius 2 is 2.06 bits per heavy atom. The van der Waals surface area contributed by atoms with Gasteiger partial charge >= 0.3 is 0 Å². The zero-order valence-electron chi connectivity index (χ0n) is 10.9. The van der Waals surface area contributed by atoms with E-state index in [9.17, 15) is 4.79 Å². The highest BCUT2D eigenvalue weighted by Gasteiger charge is 2.27. The second-order valence-corrected chi connectivity index (χ2v) is 5.77. The maximum Gasteiger partial charge on any atom is 0.239 e. The van der Waals surface area contributed by atoms with Crippen LogP contribution in [0.25, 0.3) is 0 Å². The summed E-state index contributed by atoms with van der Waals surface area (Å²) in [5, 5.41) is 3.01. The first kappa shape index (κ1) is 13.3. The Labute approximate surface area is 112 Å². The summed E-state index contributed by atoms with van der Waals surface area (Å²) in [4.78, 5) is 20.5. The van der Waals surface area contributed by atoms with Crippen molar-refractivity contribution in [1.82, 2.24) is 9.88 Å². The number of nitrogens with two attached hydrogens (primary N) is 1. The number of nitrogens with zero attached hydrogens (tertiary/aromatic N) is 3. The van der Waals surface area contributed by atoms with Crippen molar-refractivity contribution in [1.29, 1.82) is 0 Å². The van der Waals surface area contributed by atoms with Crippen LogP contribution in [-0.2, 0) is 4.79 Å². The van der Waals surface area contributed by atoms with Gasteiger partial charge in [0.2, 0.25) is 5.91 Å². The first-order valence-electron chi connectivity index (χ1n) is 6.28. The van der Waals surface area contributed by atoms with Gasteiger partial charge in [-0.3, -0.25) is 4.79 Å². The minimum atomic E-state index is -0.378. The van der Waals surface area contributed by atoms with Crippen LogP contribution in [0.15, 0.2) is 11.6 Å². The van der Waals surface area contributed by atoms with Crippen molar-refractivity contribution >= 4 is 22.4 Å². The van der Waals surface area contributed by atoms with Crippen LogP contribution in [0, 0.1) is 5.92 Å². The lowest BCUT2D eigenvalue weighted by Gasteiger charge is -2.36. The number of piperazine rings is 1. The summed E-state index contributed by atoms with van der Waals surface area (Å²) in [6, 6.07) is -0.378. The van der Waals surface area contributed by atoms with Crippen LogP contribution in [0.3, 0.4) is 0 Å². The van der Waals surface area contributed by atoms with Gasteiger partial charge in [0.05, 0.1) is 6.04 Å². The number of carbonyl (C=O) groups is 1. The van der Waals surface area contributed by atoms with Gasteiger partial charge in [0.15, 0.2) is 5.13 Å². The summed E-state index contributed by atoms with van der Waals surface area (Å²) in [5.74, 6) is 0.262.